The summed E-state index contributed by atoms with van der Waals surface area (Å²) in [6.07, 6.45) is 1.36. The Morgan fingerprint density at radius 1 is 1.40 bits per heavy atom. The Hall–Kier alpha value is -1.97. The van der Waals surface area contributed by atoms with Crippen molar-refractivity contribution in [2.45, 2.75) is 6.92 Å². The first kappa shape index (κ1) is 11.1. The van der Waals surface area contributed by atoms with Crippen LogP contribution in [0.4, 0.5) is 5.69 Å². The second-order valence-electron chi connectivity index (χ2n) is 3.04. The van der Waals surface area contributed by atoms with Crippen LogP contribution in [-0.4, -0.2) is 25.9 Å². The van der Waals surface area contributed by atoms with Crippen LogP contribution in [0.1, 0.15) is 17.3 Å². The molecule has 0 aromatic heterocycles. The van der Waals surface area contributed by atoms with E-state index >= 15 is 0 Å². The van der Waals surface area contributed by atoms with E-state index in [4.69, 9.17) is 0 Å². The minimum Gasteiger partial charge on any atom is -0.295 e. The number of aliphatic imine (C=N–C) groups is 1. The third-order valence-electron chi connectivity index (χ3n) is 1.95. The van der Waals surface area contributed by atoms with Crippen molar-refractivity contribution in [2.75, 3.05) is 12.1 Å². The maximum atomic E-state index is 11.0. The van der Waals surface area contributed by atoms with E-state index in [0.29, 0.717) is 5.56 Å². The Labute approximate surface area is 88.9 Å². The first-order valence-corrected chi connectivity index (χ1v) is 4.48. The standard InChI is InChI=1S/C11H13N3O/c1-9(15)10-4-6-11(7-5-10)14(3)13-8-12-2/h4-8H,2H2,1,3H3/b13-8-. The van der Waals surface area contributed by atoms with E-state index in [9.17, 15) is 4.79 Å². The number of Topliss-reactive ketones (excluding diaryl/α,β-unsaturated/α-hetero) is 1. The lowest BCUT2D eigenvalue weighted by Crippen LogP contribution is -2.08. The molecule has 0 saturated carbocycles. The van der Waals surface area contributed by atoms with Crippen LogP contribution in [0.15, 0.2) is 34.4 Å². The first-order valence-electron chi connectivity index (χ1n) is 4.48. The molecule has 0 radical (unpaired) electrons. The number of rotatable bonds is 4. The number of benzene rings is 1. The van der Waals surface area contributed by atoms with Crippen LogP contribution in [0.25, 0.3) is 0 Å². The van der Waals surface area contributed by atoms with Gasteiger partial charge in [0, 0.05) is 12.6 Å². The third-order valence-corrected chi connectivity index (χ3v) is 1.95. The van der Waals surface area contributed by atoms with Crippen molar-refractivity contribution in [3.63, 3.8) is 0 Å². The van der Waals surface area contributed by atoms with Crippen molar-refractivity contribution >= 4 is 24.5 Å². The SMILES string of the molecule is C=N/C=N\N(C)c1ccc(C(C)=O)cc1. The lowest BCUT2D eigenvalue weighted by Gasteiger charge is -2.11. The molecule has 1 aromatic carbocycles. The van der Waals surface area contributed by atoms with Gasteiger partial charge < -0.3 is 0 Å². The minimum atomic E-state index is 0.0560. The normalized spacial score (nSPS) is 10.3. The van der Waals surface area contributed by atoms with E-state index in [1.165, 1.54) is 6.34 Å². The second-order valence-corrected chi connectivity index (χ2v) is 3.04. The molecule has 0 atom stereocenters. The Morgan fingerprint density at radius 3 is 2.47 bits per heavy atom. The average molecular weight is 203 g/mol. The van der Waals surface area contributed by atoms with Crippen LogP contribution in [-0.2, 0) is 0 Å². The lowest BCUT2D eigenvalue weighted by atomic mass is 10.1. The van der Waals surface area contributed by atoms with Crippen LogP contribution in [0, 0.1) is 0 Å². The molecule has 0 aliphatic heterocycles. The Balaban J connectivity index is 2.83. The van der Waals surface area contributed by atoms with Gasteiger partial charge >= 0.3 is 0 Å². The van der Waals surface area contributed by atoms with Gasteiger partial charge in [0.1, 0.15) is 6.34 Å². The van der Waals surface area contributed by atoms with Crippen LogP contribution in [0.2, 0.25) is 0 Å². The van der Waals surface area contributed by atoms with Crippen molar-refractivity contribution in [3.05, 3.63) is 29.8 Å². The molecule has 78 valence electrons. The van der Waals surface area contributed by atoms with Crippen molar-refractivity contribution in [1.82, 2.24) is 0 Å². The Kier molecular flexibility index (Phi) is 3.74. The van der Waals surface area contributed by atoms with Gasteiger partial charge in [0.05, 0.1) is 5.69 Å². The van der Waals surface area contributed by atoms with Crippen molar-refractivity contribution in [3.8, 4) is 0 Å². The fourth-order valence-electron chi connectivity index (χ4n) is 1.09. The molecule has 0 heterocycles. The maximum absolute atomic E-state index is 11.0. The van der Waals surface area contributed by atoms with Gasteiger partial charge in [-0.2, -0.15) is 5.10 Å². The molecule has 15 heavy (non-hydrogen) atoms. The van der Waals surface area contributed by atoms with Crippen molar-refractivity contribution in [1.29, 1.82) is 0 Å². The summed E-state index contributed by atoms with van der Waals surface area (Å²) in [6, 6.07) is 7.20. The fourth-order valence-corrected chi connectivity index (χ4v) is 1.09. The number of hydrazone groups is 1. The third kappa shape index (κ3) is 3.02. The summed E-state index contributed by atoms with van der Waals surface area (Å²) >= 11 is 0. The van der Waals surface area contributed by atoms with Gasteiger partial charge in [-0.05, 0) is 37.9 Å². The smallest absolute Gasteiger partial charge is 0.159 e. The molecule has 4 heteroatoms. The molecule has 0 amide bonds. The summed E-state index contributed by atoms with van der Waals surface area (Å²) in [5.74, 6) is 0.0560. The summed E-state index contributed by atoms with van der Waals surface area (Å²) < 4.78 is 0. The number of carbonyl (C=O) groups is 1. The molecule has 0 fully saturated rings. The zero-order valence-electron chi connectivity index (χ0n) is 8.84. The van der Waals surface area contributed by atoms with Crippen LogP contribution in [0.3, 0.4) is 0 Å². The van der Waals surface area contributed by atoms with Crippen LogP contribution in [0.5, 0.6) is 0 Å². The molecule has 1 rings (SSSR count). The monoisotopic (exact) mass is 203 g/mol. The molecular weight excluding hydrogens is 190 g/mol. The number of hydrogen-bond acceptors (Lipinski definition) is 3. The highest BCUT2D eigenvalue weighted by atomic mass is 16.1. The number of ketones is 1. The number of carbonyl (C=O) groups excluding carboxylic acids is 1. The molecule has 1 aromatic rings. The summed E-state index contributed by atoms with van der Waals surface area (Å²) in [7, 11) is 1.80. The molecule has 0 N–H and O–H groups in total. The predicted molar refractivity (Wildman–Crippen MR) is 62.9 cm³/mol. The van der Waals surface area contributed by atoms with E-state index in [1.54, 1.807) is 31.1 Å². The highest BCUT2D eigenvalue weighted by molar-refractivity contribution is 5.94. The topological polar surface area (TPSA) is 45.0 Å². The van der Waals surface area contributed by atoms with Gasteiger partial charge in [-0.3, -0.25) is 14.8 Å². The summed E-state index contributed by atoms with van der Waals surface area (Å²) in [6.45, 7) is 4.83. The van der Waals surface area contributed by atoms with E-state index in [0.717, 1.165) is 5.69 Å². The Morgan fingerprint density at radius 2 is 2.00 bits per heavy atom. The molecular formula is C11H13N3O. The van der Waals surface area contributed by atoms with Gasteiger partial charge in [0.15, 0.2) is 5.78 Å². The van der Waals surface area contributed by atoms with Gasteiger partial charge in [-0.1, -0.05) is 0 Å². The first-order chi connectivity index (χ1) is 7.15. The summed E-state index contributed by atoms with van der Waals surface area (Å²) in [5, 5.41) is 5.63. The van der Waals surface area contributed by atoms with Gasteiger partial charge in [-0.25, -0.2) is 0 Å². The van der Waals surface area contributed by atoms with Gasteiger partial charge in [0.2, 0.25) is 0 Å². The average Bonchev–Trinajstić information content (AvgIpc) is 2.26. The molecule has 0 aliphatic rings. The zero-order chi connectivity index (χ0) is 11.3. The van der Waals surface area contributed by atoms with Gasteiger partial charge in [-0.15, -0.1) is 0 Å². The largest absolute Gasteiger partial charge is 0.295 e. The second kappa shape index (κ2) is 5.05. The lowest BCUT2D eigenvalue weighted by molar-refractivity contribution is 0.101. The summed E-state index contributed by atoms with van der Waals surface area (Å²) in [4.78, 5) is 14.5. The number of nitrogens with zero attached hydrogens (tertiary/aromatic N) is 3. The maximum Gasteiger partial charge on any atom is 0.159 e. The minimum absolute atomic E-state index is 0.0560. The molecule has 0 saturated heterocycles. The number of hydrogen-bond donors (Lipinski definition) is 0. The van der Waals surface area contributed by atoms with Crippen molar-refractivity contribution < 1.29 is 4.79 Å². The fraction of sp³-hybridized carbons (Fsp3) is 0.182. The van der Waals surface area contributed by atoms with E-state index in [1.807, 2.05) is 12.1 Å². The van der Waals surface area contributed by atoms with Crippen molar-refractivity contribution in [2.24, 2.45) is 10.1 Å². The highest BCUT2D eigenvalue weighted by Gasteiger charge is 2.00. The predicted octanol–water partition coefficient (Wildman–Crippen LogP) is 1.97. The molecule has 4 nitrogen and oxygen atoms in total. The van der Waals surface area contributed by atoms with E-state index in [2.05, 4.69) is 16.8 Å². The molecule has 0 unspecified atom stereocenters. The van der Waals surface area contributed by atoms with Gasteiger partial charge in [0.25, 0.3) is 0 Å². The number of anilines is 1. The highest BCUT2D eigenvalue weighted by Crippen LogP contribution is 2.14. The van der Waals surface area contributed by atoms with E-state index in [-0.39, 0.29) is 5.78 Å². The van der Waals surface area contributed by atoms with Crippen LogP contribution < -0.4 is 5.01 Å². The molecule has 0 aliphatic carbocycles. The molecule has 0 spiro atoms. The van der Waals surface area contributed by atoms with Crippen LogP contribution >= 0.6 is 0 Å². The quantitative estimate of drug-likeness (QED) is 0.325. The Bertz CT molecular complexity index is 381. The molecule has 0 bridgehead atoms. The van der Waals surface area contributed by atoms with E-state index < -0.39 is 0 Å². The zero-order valence-corrected chi connectivity index (χ0v) is 8.84. The summed E-state index contributed by atoms with van der Waals surface area (Å²) in [5.41, 5.74) is 1.58.